The van der Waals surface area contributed by atoms with E-state index in [1.54, 1.807) is 0 Å². The van der Waals surface area contributed by atoms with Gasteiger partial charge in [-0.2, -0.15) is 0 Å². The SMILES string of the molecule is C=CC(=O)NC1(C)CCOC1. The Morgan fingerprint density at radius 2 is 2.55 bits per heavy atom. The molecule has 0 aliphatic carbocycles. The van der Waals surface area contributed by atoms with E-state index in [-0.39, 0.29) is 11.4 Å². The fourth-order valence-corrected chi connectivity index (χ4v) is 1.11. The lowest BCUT2D eigenvalue weighted by atomic mass is 10.0. The van der Waals surface area contributed by atoms with Gasteiger partial charge in [-0.3, -0.25) is 4.79 Å². The van der Waals surface area contributed by atoms with Crippen LogP contribution in [0, 0.1) is 0 Å². The van der Waals surface area contributed by atoms with E-state index in [9.17, 15) is 4.79 Å². The fourth-order valence-electron chi connectivity index (χ4n) is 1.11. The van der Waals surface area contributed by atoms with Gasteiger partial charge in [0.05, 0.1) is 12.1 Å². The predicted molar refractivity (Wildman–Crippen MR) is 42.2 cm³/mol. The molecule has 1 N–H and O–H groups in total. The molecule has 0 radical (unpaired) electrons. The Labute approximate surface area is 66.4 Å². The number of ether oxygens (including phenoxy) is 1. The average Bonchev–Trinajstić information content (AvgIpc) is 2.36. The van der Waals surface area contributed by atoms with E-state index in [0.717, 1.165) is 13.0 Å². The standard InChI is InChI=1S/C8H13NO2/c1-3-7(10)9-8(2)4-5-11-6-8/h3H,1,4-6H2,2H3,(H,9,10). The lowest BCUT2D eigenvalue weighted by Crippen LogP contribution is -2.45. The summed E-state index contributed by atoms with van der Waals surface area (Å²) >= 11 is 0. The molecule has 62 valence electrons. The smallest absolute Gasteiger partial charge is 0.243 e. The molecule has 0 spiro atoms. The fraction of sp³-hybridized carbons (Fsp3) is 0.625. The van der Waals surface area contributed by atoms with Crippen molar-refractivity contribution in [3.63, 3.8) is 0 Å². The number of hydrogen-bond donors (Lipinski definition) is 1. The number of hydrogen-bond acceptors (Lipinski definition) is 2. The van der Waals surface area contributed by atoms with Gasteiger partial charge in [-0.1, -0.05) is 6.58 Å². The number of rotatable bonds is 2. The normalized spacial score (nSPS) is 29.9. The summed E-state index contributed by atoms with van der Waals surface area (Å²) in [6.07, 6.45) is 2.16. The summed E-state index contributed by atoms with van der Waals surface area (Å²) in [5, 5.41) is 2.82. The first kappa shape index (κ1) is 8.27. The Bertz CT molecular complexity index is 171. The van der Waals surface area contributed by atoms with Crippen LogP contribution in [0.15, 0.2) is 12.7 Å². The number of nitrogens with one attached hydrogen (secondary N) is 1. The van der Waals surface area contributed by atoms with Crippen molar-refractivity contribution in [2.24, 2.45) is 0 Å². The molecule has 1 fully saturated rings. The first-order valence-electron chi connectivity index (χ1n) is 3.69. The van der Waals surface area contributed by atoms with Gasteiger partial charge in [0, 0.05) is 6.61 Å². The minimum atomic E-state index is -0.175. The Hall–Kier alpha value is -0.830. The molecular weight excluding hydrogens is 142 g/mol. The summed E-state index contributed by atoms with van der Waals surface area (Å²) in [5.41, 5.74) is -0.175. The van der Waals surface area contributed by atoms with Crippen molar-refractivity contribution in [3.8, 4) is 0 Å². The molecule has 0 bridgehead atoms. The average molecular weight is 155 g/mol. The molecule has 1 aliphatic rings. The first-order chi connectivity index (χ1) is 5.16. The lowest BCUT2D eigenvalue weighted by molar-refractivity contribution is -0.118. The molecule has 3 heteroatoms. The topological polar surface area (TPSA) is 38.3 Å². The van der Waals surface area contributed by atoms with E-state index in [2.05, 4.69) is 11.9 Å². The molecule has 3 nitrogen and oxygen atoms in total. The Balaban J connectivity index is 2.45. The molecule has 0 aromatic rings. The third kappa shape index (κ3) is 2.05. The summed E-state index contributed by atoms with van der Waals surface area (Å²) in [6, 6.07) is 0. The second-order valence-corrected chi connectivity index (χ2v) is 3.06. The van der Waals surface area contributed by atoms with Crippen LogP contribution in [-0.4, -0.2) is 24.7 Å². The molecular formula is C8H13NO2. The zero-order chi connectivity index (χ0) is 8.32. The van der Waals surface area contributed by atoms with Crippen molar-refractivity contribution in [3.05, 3.63) is 12.7 Å². The van der Waals surface area contributed by atoms with Gasteiger partial charge in [-0.25, -0.2) is 0 Å². The number of carbonyl (C=O) groups is 1. The number of amides is 1. The molecule has 1 unspecified atom stereocenters. The molecule has 1 aliphatic heterocycles. The van der Waals surface area contributed by atoms with Crippen LogP contribution < -0.4 is 5.32 Å². The Morgan fingerprint density at radius 1 is 1.82 bits per heavy atom. The van der Waals surface area contributed by atoms with Crippen LogP contribution in [0.2, 0.25) is 0 Å². The summed E-state index contributed by atoms with van der Waals surface area (Å²) < 4.78 is 5.16. The third-order valence-corrected chi connectivity index (χ3v) is 1.83. The minimum Gasteiger partial charge on any atom is -0.379 e. The largest absolute Gasteiger partial charge is 0.379 e. The molecule has 0 saturated carbocycles. The van der Waals surface area contributed by atoms with Crippen molar-refractivity contribution in [2.75, 3.05) is 13.2 Å². The highest BCUT2D eigenvalue weighted by molar-refractivity contribution is 5.87. The van der Waals surface area contributed by atoms with Gasteiger partial charge in [0.15, 0.2) is 0 Å². The van der Waals surface area contributed by atoms with Crippen molar-refractivity contribution < 1.29 is 9.53 Å². The number of carbonyl (C=O) groups excluding carboxylic acids is 1. The second-order valence-electron chi connectivity index (χ2n) is 3.06. The van der Waals surface area contributed by atoms with Gasteiger partial charge in [0.1, 0.15) is 0 Å². The molecule has 1 atom stereocenters. The van der Waals surface area contributed by atoms with Crippen LogP contribution in [0.3, 0.4) is 0 Å². The van der Waals surface area contributed by atoms with E-state index < -0.39 is 0 Å². The van der Waals surface area contributed by atoms with Crippen LogP contribution >= 0.6 is 0 Å². The van der Waals surface area contributed by atoms with Crippen LogP contribution in [-0.2, 0) is 9.53 Å². The molecule has 1 heterocycles. The Morgan fingerprint density at radius 3 is 3.00 bits per heavy atom. The summed E-state index contributed by atoms with van der Waals surface area (Å²) in [7, 11) is 0. The highest BCUT2D eigenvalue weighted by Gasteiger charge is 2.30. The monoisotopic (exact) mass is 155 g/mol. The molecule has 0 aromatic carbocycles. The van der Waals surface area contributed by atoms with E-state index >= 15 is 0 Å². The van der Waals surface area contributed by atoms with Crippen molar-refractivity contribution in [1.82, 2.24) is 5.32 Å². The van der Waals surface area contributed by atoms with Gasteiger partial charge >= 0.3 is 0 Å². The van der Waals surface area contributed by atoms with Gasteiger partial charge in [-0.15, -0.1) is 0 Å². The molecule has 1 amide bonds. The summed E-state index contributed by atoms with van der Waals surface area (Å²) in [4.78, 5) is 10.9. The van der Waals surface area contributed by atoms with Gasteiger partial charge < -0.3 is 10.1 Å². The van der Waals surface area contributed by atoms with E-state index in [1.807, 2.05) is 6.92 Å². The first-order valence-corrected chi connectivity index (χ1v) is 3.69. The lowest BCUT2D eigenvalue weighted by Gasteiger charge is -2.22. The molecule has 1 saturated heterocycles. The van der Waals surface area contributed by atoms with Crippen molar-refractivity contribution in [1.29, 1.82) is 0 Å². The zero-order valence-electron chi connectivity index (χ0n) is 6.72. The quantitative estimate of drug-likeness (QED) is 0.588. The van der Waals surface area contributed by atoms with E-state index in [0.29, 0.717) is 6.61 Å². The van der Waals surface area contributed by atoms with Crippen LogP contribution in [0.1, 0.15) is 13.3 Å². The highest BCUT2D eigenvalue weighted by atomic mass is 16.5. The van der Waals surface area contributed by atoms with E-state index in [4.69, 9.17) is 4.74 Å². The molecule has 0 aromatic heterocycles. The van der Waals surface area contributed by atoms with Crippen LogP contribution in [0.5, 0.6) is 0 Å². The van der Waals surface area contributed by atoms with Crippen molar-refractivity contribution in [2.45, 2.75) is 18.9 Å². The van der Waals surface area contributed by atoms with Crippen LogP contribution in [0.4, 0.5) is 0 Å². The van der Waals surface area contributed by atoms with Gasteiger partial charge in [-0.05, 0) is 19.4 Å². The summed E-state index contributed by atoms with van der Waals surface area (Å²) in [5.74, 6) is -0.127. The zero-order valence-corrected chi connectivity index (χ0v) is 6.72. The Kier molecular flexibility index (Phi) is 2.29. The minimum absolute atomic E-state index is 0.127. The second kappa shape index (κ2) is 3.05. The van der Waals surface area contributed by atoms with Gasteiger partial charge in [0.25, 0.3) is 0 Å². The van der Waals surface area contributed by atoms with Crippen LogP contribution in [0.25, 0.3) is 0 Å². The highest BCUT2D eigenvalue weighted by Crippen LogP contribution is 2.16. The third-order valence-electron chi connectivity index (χ3n) is 1.83. The van der Waals surface area contributed by atoms with Gasteiger partial charge in [0.2, 0.25) is 5.91 Å². The summed E-state index contributed by atoms with van der Waals surface area (Å²) in [6.45, 7) is 6.69. The maximum absolute atomic E-state index is 10.9. The predicted octanol–water partition coefficient (Wildman–Crippen LogP) is 0.468. The van der Waals surface area contributed by atoms with E-state index in [1.165, 1.54) is 6.08 Å². The van der Waals surface area contributed by atoms with Crippen molar-refractivity contribution >= 4 is 5.91 Å². The maximum Gasteiger partial charge on any atom is 0.243 e. The molecule has 11 heavy (non-hydrogen) atoms. The molecule has 1 rings (SSSR count). The maximum atomic E-state index is 10.9.